The number of fused-ring (bicyclic) bond motifs is 4. The van der Waals surface area contributed by atoms with E-state index in [1.54, 1.807) is 48.8 Å². The third-order valence-electron chi connectivity index (χ3n) is 6.39. The predicted octanol–water partition coefficient (Wildman–Crippen LogP) is 3.59. The van der Waals surface area contributed by atoms with Gasteiger partial charge in [0.15, 0.2) is 0 Å². The van der Waals surface area contributed by atoms with E-state index in [1.165, 1.54) is 21.6 Å². The van der Waals surface area contributed by atoms with Gasteiger partial charge in [-0.2, -0.15) is 23.4 Å². The Hall–Kier alpha value is -4.88. The number of nitrogens with zero attached hydrogens (tertiary/aromatic N) is 8. The molecule has 0 aliphatic heterocycles. The number of carbonyl (C=O) groups excluding carboxylic acids is 1. The Morgan fingerprint density at radius 1 is 1.16 bits per heavy atom. The van der Waals surface area contributed by atoms with E-state index >= 15 is 0 Å². The van der Waals surface area contributed by atoms with Crippen LogP contribution < -0.4 is 10.6 Å². The number of nitrogen functional groups attached to an aromatic ring is 1. The molecule has 6 heterocycles. The molecule has 194 valence electrons. The Labute approximate surface area is 212 Å². The maximum Gasteiger partial charge on any atom is 0.417 e. The summed E-state index contributed by atoms with van der Waals surface area (Å²) in [7, 11) is 3.48. The largest absolute Gasteiger partial charge is 0.417 e. The zero-order chi connectivity index (χ0) is 26.9. The van der Waals surface area contributed by atoms with Crippen molar-refractivity contribution in [1.29, 1.82) is 0 Å². The Morgan fingerprint density at radius 2 is 1.95 bits per heavy atom. The number of pyridine rings is 2. The number of alkyl halides is 3. The number of aryl methyl sites for hydroxylation is 3. The molecule has 0 unspecified atom stereocenters. The van der Waals surface area contributed by atoms with Crippen molar-refractivity contribution in [1.82, 2.24) is 38.9 Å². The van der Waals surface area contributed by atoms with Crippen LogP contribution in [0.4, 0.5) is 24.7 Å². The van der Waals surface area contributed by atoms with Crippen LogP contribution in [-0.2, 0) is 26.8 Å². The number of nitrogens with two attached hydrogens (primary N) is 1. The number of aromatic amines is 1. The van der Waals surface area contributed by atoms with Gasteiger partial charge >= 0.3 is 6.18 Å². The first-order valence-corrected chi connectivity index (χ1v) is 11.5. The lowest BCUT2D eigenvalue weighted by molar-refractivity contribution is -0.137. The molecule has 0 fully saturated rings. The Kier molecular flexibility index (Phi) is 4.99. The van der Waals surface area contributed by atoms with Crippen molar-refractivity contribution in [3.8, 4) is 0 Å². The molecule has 0 bridgehead atoms. The Balaban J connectivity index is 1.43. The van der Waals surface area contributed by atoms with Crippen LogP contribution in [0.25, 0.3) is 27.6 Å². The van der Waals surface area contributed by atoms with E-state index in [9.17, 15) is 18.0 Å². The molecular formula is C24H21F3N10O. The first-order valence-electron chi connectivity index (χ1n) is 11.5. The molecule has 38 heavy (non-hydrogen) atoms. The fourth-order valence-corrected chi connectivity index (χ4v) is 4.67. The van der Waals surface area contributed by atoms with E-state index in [0.29, 0.717) is 39.3 Å². The van der Waals surface area contributed by atoms with E-state index in [4.69, 9.17) is 5.73 Å². The molecule has 0 atom stereocenters. The number of aromatic nitrogens is 8. The molecule has 6 aromatic rings. The van der Waals surface area contributed by atoms with Crippen molar-refractivity contribution in [3.63, 3.8) is 0 Å². The number of rotatable bonds is 4. The topological polar surface area (TPSA) is 128 Å². The molecule has 0 saturated carbocycles. The monoisotopic (exact) mass is 522 g/mol. The lowest BCUT2D eigenvalue weighted by Crippen LogP contribution is -2.31. The molecule has 0 saturated heterocycles. The fraction of sp³-hybridized carbons (Fsp3) is 0.208. The van der Waals surface area contributed by atoms with Crippen LogP contribution in [-0.4, -0.2) is 44.8 Å². The van der Waals surface area contributed by atoms with Gasteiger partial charge in [0.25, 0.3) is 5.91 Å². The third kappa shape index (κ3) is 3.72. The van der Waals surface area contributed by atoms with Crippen LogP contribution in [0.2, 0.25) is 0 Å². The Morgan fingerprint density at radius 3 is 2.66 bits per heavy atom. The van der Waals surface area contributed by atoms with Crippen LogP contribution >= 0.6 is 0 Å². The smallest absolute Gasteiger partial charge is 0.382 e. The van der Waals surface area contributed by atoms with Gasteiger partial charge in [-0.3, -0.25) is 19.1 Å². The van der Waals surface area contributed by atoms with Crippen LogP contribution in [0.3, 0.4) is 0 Å². The summed E-state index contributed by atoms with van der Waals surface area (Å²) in [6.07, 6.45) is 1.31. The van der Waals surface area contributed by atoms with Gasteiger partial charge in [-0.1, -0.05) is 0 Å². The number of hydrogen-bond donors (Lipinski definition) is 2. The molecule has 1 amide bonds. The van der Waals surface area contributed by atoms with E-state index < -0.39 is 17.6 Å². The summed E-state index contributed by atoms with van der Waals surface area (Å²) in [6, 6.07) is 3.88. The van der Waals surface area contributed by atoms with Crippen molar-refractivity contribution < 1.29 is 18.0 Å². The van der Waals surface area contributed by atoms with Gasteiger partial charge in [0.2, 0.25) is 0 Å². The zero-order valence-electron chi connectivity index (χ0n) is 20.4. The van der Waals surface area contributed by atoms with Crippen LogP contribution in [0.1, 0.15) is 27.4 Å². The molecule has 14 heteroatoms. The minimum absolute atomic E-state index is 0.0123. The number of nitrogens with one attached hydrogen (secondary N) is 1. The summed E-state index contributed by atoms with van der Waals surface area (Å²) in [5.74, 6) is -0.115. The van der Waals surface area contributed by atoms with Crippen molar-refractivity contribution in [2.75, 3.05) is 10.6 Å². The summed E-state index contributed by atoms with van der Waals surface area (Å²) in [6.45, 7) is 1.75. The molecule has 6 aromatic heterocycles. The van der Waals surface area contributed by atoms with Crippen molar-refractivity contribution in [2.45, 2.75) is 19.6 Å². The summed E-state index contributed by atoms with van der Waals surface area (Å²) in [4.78, 5) is 27.4. The molecule has 0 spiro atoms. The molecule has 0 aliphatic rings. The number of imidazole rings is 1. The number of anilines is 2. The highest BCUT2D eigenvalue weighted by Crippen LogP contribution is 2.31. The first-order chi connectivity index (χ1) is 18.0. The van der Waals surface area contributed by atoms with Crippen LogP contribution in [0.15, 0.2) is 43.0 Å². The number of H-pyrrole nitrogens is 1. The average Bonchev–Trinajstić information content (AvgIpc) is 3.61. The van der Waals surface area contributed by atoms with Gasteiger partial charge in [0.1, 0.15) is 22.7 Å². The van der Waals surface area contributed by atoms with Crippen molar-refractivity contribution >= 4 is 45.0 Å². The predicted molar refractivity (Wildman–Crippen MR) is 133 cm³/mol. The second-order valence-corrected chi connectivity index (χ2v) is 9.05. The lowest BCUT2D eigenvalue weighted by atomic mass is 10.2. The molecule has 0 aromatic carbocycles. The van der Waals surface area contributed by atoms with Gasteiger partial charge in [-0.05, 0) is 25.1 Å². The quantitative estimate of drug-likeness (QED) is 0.364. The third-order valence-corrected chi connectivity index (χ3v) is 6.39. The van der Waals surface area contributed by atoms with E-state index in [-0.39, 0.29) is 18.1 Å². The van der Waals surface area contributed by atoms with Gasteiger partial charge < -0.3 is 15.1 Å². The number of hydrogen-bond acceptors (Lipinski definition) is 6. The first kappa shape index (κ1) is 23.5. The fourth-order valence-electron chi connectivity index (χ4n) is 4.67. The minimum Gasteiger partial charge on any atom is -0.382 e. The zero-order valence-corrected chi connectivity index (χ0v) is 20.4. The second kappa shape index (κ2) is 8.06. The van der Waals surface area contributed by atoms with E-state index in [2.05, 4.69) is 25.1 Å². The molecular weight excluding hydrogens is 501 g/mol. The highest BCUT2D eigenvalue weighted by molar-refractivity contribution is 6.12. The number of halogens is 3. The molecule has 6 rings (SSSR count). The van der Waals surface area contributed by atoms with Crippen molar-refractivity contribution in [3.05, 3.63) is 65.6 Å². The number of carbonyl (C=O) groups is 1. The Bertz CT molecular complexity index is 1870. The molecule has 3 N–H and O–H groups in total. The van der Waals surface area contributed by atoms with Crippen LogP contribution in [0, 0.1) is 6.92 Å². The summed E-state index contributed by atoms with van der Waals surface area (Å²) < 4.78 is 44.1. The van der Waals surface area contributed by atoms with E-state index in [1.807, 2.05) is 0 Å². The summed E-state index contributed by atoms with van der Waals surface area (Å²) >= 11 is 0. The molecule has 11 nitrogen and oxygen atoms in total. The maximum absolute atomic E-state index is 13.9. The minimum atomic E-state index is -4.49. The highest BCUT2D eigenvalue weighted by Gasteiger charge is 2.31. The summed E-state index contributed by atoms with van der Waals surface area (Å²) in [5, 5.41) is 9.32. The standard InChI is InChI=1S/C24H21F3N10O/c1-12-18(11-34(2)33-12)37(10-14-9-36-8-13(24(25,26)27)4-5-19(36)30-14)23(38)17-6-16-20(31-17)15-7-29-35(3)21(15)22(28)32-16/h4-9,11,31H,10H2,1-3H3,(H2,28,32). The van der Waals surface area contributed by atoms with Gasteiger partial charge in [-0.25, -0.2) is 9.97 Å². The highest BCUT2D eigenvalue weighted by atomic mass is 19.4. The van der Waals surface area contributed by atoms with E-state index in [0.717, 1.165) is 17.6 Å². The average molecular weight is 522 g/mol. The number of amides is 1. The van der Waals surface area contributed by atoms with Crippen LogP contribution in [0.5, 0.6) is 0 Å². The molecule has 0 radical (unpaired) electrons. The normalized spacial score (nSPS) is 12.3. The second-order valence-electron chi connectivity index (χ2n) is 9.05. The van der Waals surface area contributed by atoms with Gasteiger partial charge in [0.05, 0.1) is 46.4 Å². The SMILES string of the molecule is Cc1nn(C)cc1N(Cc1cn2cc(C(F)(F)F)ccc2n1)C(=O)c1cc2nc(N)c3c(cnn3C)c2[nH]1. The van der Waals surface area contributed by atoms with Gasteiger partial charge in [0, 0.05) is 38.1 Å². The molecule has 0 aliphatic carbocycles. The van der Waals surface area contributed by atoms with Gasteiger partial charge in [-0.15, -0.1) is 0 Å². The summed E-state index contributed by atoms with van der Waals surface area (Å²) in [5.41, 5.74) is 9.18. The van der Waals surface area contributed by atoms with Crippen molar-refractivity contribution in [2.24, 2.45) is 14.1 Å². The maximum atomic E-state index is 13.9. The lowest BCUT2D eigenvalue weighted by Gasteiger charge is -2.20.